The summed E-state index contributed by atoms with van der Waals surface area (Å²) in [5.41, 5.74) is 11.9. The van der Waals surface area contributed by atoms with E-state index in [1.54, 1.807) is 7.11 Å². The SMILES string of the molecule is COc1ccc2c(c1)C1CC1(C(N)=O)Cn1c-2c(C2CCCCC2)c2ccc(C(=O)NSN(C)C)cc21. The van der Waals surface area contributed by atoms with Crippen molar-refractivity contribution in [1.82, 2.24) is 13.6 Å². The normalized spacial score (nSPS) is 22.6. The second-order valence-corrected chi connectivity index (χ2v) is 12.1. The maximum atomic E-state index is 13.0. The number of ether oxygens (including phenoxy) is 1. The number of fused-ring (bicyclic) bond motifs is 7. The van der Waals surface area contributed by atoms with E-state index in [0.717, 1.165) is 41.7 Å². The first-order chi connectivity index (χ1) is 17.8. The van der Waals surface area contributed by atoms with Crippen LogP contribution < -0.4 is 15.2 Å². The fraction of sp³-hybridized carbons (Fsp3) is 0.448. The molecule has 8 heteroatoms. The smallest absolute Gasteiger partial charge is 0.262 e. The van der Waals surface area contributed by atoms with Crippen LogP contribution in [0.5, 0.6) is 5.75 Å². The van der Waals surface area contributed by atoms with E-state index in [1.165, 1.54) is 48.0 Å². The number of nitrogens with one attached hydrogen (secondary N) is 1. The van der Waals surface area contributed by atoms with Crippen molar-refractivity contribution in [3.63, 3.8) is 0 Å². The van der Waals surface area contributed by atoms with E-state index in [-0.39, 0.29) is 17.7 Å². The molecule has 1 aromatic heterocycles. The first-order valence-corrected chi connectivity index (χ1v) is 13.9. The lowest BCUT2D eigenvalue weighted by Crippen LogP contribution is -2.30. The molecule has 1 aliphatic heterocycles. The van der Waals surface area contributed by atoms with Gasteiger partial charge in [0.25, 0.3) is 5.91 Å². The van der Waals surface area contributed by atoms with Crippen molar-refractivity contribution < 1.29 is 14.3 Å². The molecule has 2 fully saturated rings. The largest absolute Gasteiger partial charge is 0.497 e. The molecule has 2 amide bonds. The molecular formula is C29H34N4O3S. The number of carbonyl (C=O) groups is 2. The first kappa shape index (κ1) is 24.4. The van der Waals surface area contributed by atoms with Crippen LogP contribution in [0, 0.1) is 5.41 Å². The van der Waals surface area contributed by atoms with E-state index < -0.39 is 5.41 Å². The van der Waals surface area contributed by atoms with E-state index in [9.17, 15) is 9.59 Å². The first-order valence-electron chi connectivity index (χ1n) is 13.1. The highest BCUT2D eigenvalue weighted by Gasteiger charge is 2.62. The maximum absolute atomic E-state index is 13.0. The van der Waals surface area contributed by atoms with E-state index >= 15 is 0 Å². The van der Waals surface area contributed by atoms with Crippen molar-refractivity contribution in [2.24, 2.45) is 11.1 Å². The molecule has 2 aromatic carbocycles. The highest BCUT2D eigenvalue weighted by atomic mass is 32.2. The minimum atomic E-state index is -0.624. The predicted molar refractivity (Wildman–Crippen MR) is 147 cm³/mol. The summed E-state index contributed by atoms with van der Waals surface area (Å²) in [6, 6.07) is 12.3. The number of nitrogens with zero attached hydrogens (tertiary/aromatic N) is 2. The highest BCUT2D eigenvalue weighted by molar-refractivity contribution is 7.95. The number of carbonyl (C=O) groups excluding carboxylic acids is 2. The summed E-state index contributed by atoms with van der Waals surface area (Å²) in [6.07, 6.45) is 6.77. The molecule has 2 heterocycles. The van der Waals surface area contributed by atoms with Crippen LogP contribution in [0.15, 0.2) is 36.4 Å². The number of methoxy groups -OCH3 is 1. The molecule has 7 nitrogen and oxygen atoms in total. The monoisotopic (exact) mass is 518 g/mol. The molecule has 3 N–H and O–H groups in total. The van der Waals surface area contributed by atoms with Gasteiger partial charge in [0.05, 0.1) is 18.2 Å². The van der Waals surface area contributed by atoms with Crippen LogP contribution >= 0.6 is 12.1 Å². The number of rotatable bonds is 6. The van der Waals surface area contributed by atoms with Gasteiger partial charge in [-0.05, 0) is 80.7 Å². The summed E-state index contributed by atoms with van der Waals surface area (Å²) >= 11 is 1.26. The topological polar surface area (TPSA) is 89.6 Å². The lowest BCUT2D eigenvalue weighted by Gasteiger charge is -2.24. The highest BCUT2D eigenvalue weighted by Crippen LogP contribution is 2.65. The summed E-state index contributed by atoms with van der Waals surface area (Å²) in [5, 5.41) is 1.18. The average Bonchev–Trinajstić information content (AvgIpc) is 3.58. The molecule has 6 rings (SSSR count). The van der Waals surface area contributed by atoms with Crippen LogP contribution in [-0.4, -0.2) is 41.9 Å². The molecular weight excluding hydrogens is 484 g/mol. The van der Waals surface area contributed by atoms with Gasteiger partial charge in [-0.1, -0.05) is 25.3 Å². The van der Waals surface area contributed by atoms with Gasteiger partial charge in [0, 0.05) is 46.6 Å². The molecule has 0 spiro atoms. The second kappa shape index (κ2) is 9.10. The zero-order chi connectivity index (χ0) is 25.9. The number of hydrogen-bond donors (Lipinski definition) is 2. The number of amides is 2. The Kier molecular flexibility index (Phi) is 5.99. The van der Waals surface area contributed by atoms with Gasteiger partial charge in [-0.25, -0.2) is 4.31 Å². The fourth-order valence-electron chi connectivity index (χ4n) is 6.66. The van der Waals surface area contributed by atoms with Crippen molar-refractivity contribution in [3.05, 3.63) is 53.1 Å². The summed E-state index contributed by atoms with van der Waals surface area (Å²) in [4.78, 5) is 25.9. The van der Waals surface area contributed by atoms with Gasteiger partial charge in [-0.2, -0.15) is 0 Å². The molecule has 3 aromatic rings. The molecule has 0 radical (unpaired) electrons. The molecule has 37 heavy (non-hydrogen) atoms. The lowest BCUT2D eigenvalue weighted by molar-refractivity contribution is -0.123. The van der Waals surface area contributed by atoms with Gasteiger partial charge in [0.15, 0.2) is 0 Å². The van der Waals surface area contributed by atoms with Crippen LogP contribution in [0.4, 0.5) is 0 Å². The molecule has 0 bridgehead atoms. The van der Waals surface area contributed by atoms with Crippen LogP contribution in [0.3, 0.4) is 0 Å². The number of primary amides is 1. The van der Waals surface area contributed by atoms with Gasteiger partial charge >= 0.3 is 0 Å². The minimum Gasteiger partial charge on any atom is -0.497 e. The number of nitrogens with two attached hydrogens (primary N) is 1. The molecule has 2 aliphatic carbocycles. The van der Waals surface area contributed by atoms with Crippen molar-refractivity contribution >= 4 is 34.9 Å². The molecule has 2 atom stereocenters. The Morgan fingerprint density at radius 2 is 1.92 bits per heavy atom. The third-order valence-electron chi connectivity index (χ3n) is 8.60. The molecule has 0 saturated heterocycles. The summed E-state index contributed by atoms with van der Waals surface area (Å²) < 4.78 is 12.6. The van der Waals surface area contributed by atoms with Gasteiger partial charge in [-0.15, -0.1) is 0 Å². The zero-order valence-corrected chi connectivity index (χ0v) is 22.5. The van der Waals surface area contributed by atoms with Gasteiger partial charge < -0.3 is 15.0 Å². The van der Waals surface area contributed by atoms with E-state index in [2.05, 4.69) is 27.5 Å². The zero-order valence-electron chi connectivity index (χ0n) is 21.7. The van der Waals surface area contributed by atoms with Gasteiger partial charge in [0.2, 0.25) is 5.91 Å². The van der Waals surface area contributed by atoms with E-state index in [1.807, 2.05) is 36.6 Å². The third kappa shape index (κ3) is 3.92. The number of hydrogen-bond acceptors (Lipinski definition) is 5. The fourth-order valence-corrected chi connectivity index (χ4v) is 7.04. The Hall–Kier alpha value is -2.97. The third-order valence-corrected chi connectivity index (χ3v) is 9.24. The Bertz CT molecular complexity index is 1410. The average molecular weight is 519 g/mol. The van der Waals surface area contributed by atoms with Crippen LogP contribution in [0.1, 0.15) is 71.8 Å². The summed E-state index contributed by atoms with van der Waals surface area (Å²) in [7, 11) is 5.46. The summed E-state index contributed by atoms with van der Waals surface area (Å²) in [6.45, 7) is 0.528. The van der Waals surface area contributed by atoms with Crippen molar-refractivity contribution in [2.45, 2.75) is 56.9 Å². The minimum absolute atomic E-state index is 0.0761. The molecule has 3 aliphatic rings. The van der Waals surface area contributed by atoms with Crippen molar-refractivity contribution in [2.75, 3.05) is 21.2 Å². The van der Waals surface area contributed by atoms with Crippen LogP contribution in [-0.2, 0) is 11.3 Å². The standard InChI is InChI=1S/C29H34N4O3S/c1-32(2)37-31-27(34)18-9-11-21-24(13-18)33-16-29(28(30)35)15-23(29)22-14-19(36-3)10-12-20(22)26(33)25(21)17-7-5-4-6-8-17/h9-14,17,23H,4-8,15-16H2,1-3H3,(H2,30,35)(H,31,34). The van der Waals surface area contributed by atoms with Crippen LogP contribution in [0.25, 0.3) is 22.2 Å². The van der Waals surface area contributed by atoms with E-state index in [0.29, 0.717) is 18.0 Å². The lowest BCUT2D eigenvalue weighted by atomic mass is 9.81. The molecule has 2 saturated carbocycles. The number of aromatic nitrogens is 1. The predicted octanol–water partition coefficient (Wildman–Crippen LogP) is 5.19. The maximum Gasteiger partial charge on any atom is 0.262 e. The second-order valence-electron chi connectivity index (χ2n) is 11.0. The van der Waals surface area contributed by atoms with Crippen LogP contribution in [0.2, 0.25) is 0 Å². The number of benzene rings is 2. The van der Waals surface area contributed by atoms with E-state index in [4.69, 9.17) is 10.5 Å². The van der Waals surface area contributed by atoms with Gasteiger partial charge in [-0.3, -0.25) is 14.3 Å². The van der Waals surface area contributed by atoms with Crippen molar-refractivity contribution in [1.29, 1.82) is 0 Å². The Morgan fingerprint density at radius 3 is 2.62 bits per heavy atom. The quantitative estimate of drug-likeness (QED) is 0.438. The Morgan fingerprint density at radius 1 is 1.14 bits per heavy atom. The van der Waals surface area contributed by atoms with Gasteiger partial charge in [0.1, 0.15) is 5.75 Å². The Balaban J connectivity index is 1.60. The molecule has 194 valence electrons. The summed E-state index contributed by atoms with van der Waals surface area (Å²) in [5.74, 6) is 0.933. The van der Waals surface area contributed by atoms with Crippen molar-refractivity contribution in [3.8, 4) is 17.0 Å². The Labute approximate surface area is 222 Å². The molecule has 2 unspecified atom stereocenters.